The number of fused-ring (bicyclic) bond motifs is 1. The number of nitro groups is 1. The molecular weight excluding hydrogens is 292 g/mol. The van der Waals surface area contributed by atoms with Crippen LogP contribution in [-0.2, 0) is 6.54 Å². The molecule has 0 aliphatic carbocycles. The van der Waals surface area contributed by atoms with Gasteiger partial charge in [0.15, 0.2) is 0 Å². The summed E-state index contributed by atoms with van der Waals surface area (Å²) in [4.78, 5) is 13.3. The number of nitro benzene ring substituents is 1. The molecule has 0 amide bonds. The van der Waals surface area contributed by atoms with Crippen LogP contribution in [-0.4, -0.2) is 38.2 Å². The van der Waals surface area contributed by atoms with Gasteiger partial charge in [0.25, 0.3) is 5.69 Å². The predicted octanol–water partition coefficient (Wildman–Crippen LogP) is 3.46. The van der Waals surface area contributed by atoms with E-state index in [9.17, 15) is 10.1 Å². The summed E-state index contributed by atoms with van der Waals surface area (Å²) in [5, 5.41) is 16.2. The van der Waals surface area contributed by atoms with E-state index >= 15 is 0 Å². The van der Waals surface area contributed by atoms with Gasteiger partial charge in [-0.2, -0.15) is 5.10 Å². The van der Waals surface area contributed by atoms with Crippen molar-refractivity contribution in [3.63, 3.8) is 0 Å². The Morgan fingerprint density at radius 2 is 2.17 bits per heavy atom. The normalized spacial score (nSPS) is 20.0. The first kappa shape index (κ1) is 15.9. The zero-order valence-electron chi connectivity index (χ0n) is 14.0. The van der Waals surface area contributed by atoms with Crippen LogP contribution in [0.1, 0.15) is 33.6 Å². The molecule has 0 saturated carbocycles. The monoisotopic (exact) mass is 316 g/mol. The molecule has 1 unspecified atom stereocenters. The highest BCUT2D eigenvalue weighted by Gasteiger charge is 2.28. The van der Waals surface area contributed by atoms with Crippen LogP contribution < -0.4 is 0 Å². The number of hydrogen-bond donors (Lipinski definition) is 0. The molecule has 1 aromatic heterocycles. The van der Waals surface area contributed by atoms with E-state index in [1.54, 1.807) is 12.3 Å². The van der Waals surface area contributed by atoms with Crippen molar-refractivity contribution in [3.05, 3.63) is 34.5 Å². The molecule has 1 fully saturated rings. The molecule has 2 aromatic rings. The Hall–Kier alpha value is -1.95. The molecule has 1 aliphatic heterocycles. The van der Waals surface area contributed by atoms with E-state index in [2.05, 4.69) is 30.8 Å². The molecule has 1 atom stereocenters. The fourth-order valence-corrected chi connectivity index (χ4v) is 3.46. The quantitative estimate of drug-likeness (QED) is 0.642. The molecule has 2 heterocycles. The minimum absolute atomic E-state index is 0.133. The third-order valence-electron chi connectivity index (χ3n) is 4.76. The summed E-state index contributed by atoms with van der Waals surface area (Å²) in [7, 11) is 0. The Kier molecular flexibility index (Phi) is 4.10. The van der Waals surface area contributed by atoms with E-state index in [4.69, 9.17) is 0 Å². The van der Waals surface area contributed by atoms with Gasteiger partial charge in [0.05, 0.1) is 22.0 Å². The van der Waals surface area contributed by atoms with Gasteiger partial charge in [-0.05, 0) is 52.1 Å². The maximum atomic E-state index is 11.1. The van der Waals surface area contributed by atoms with Crippen molar-refractivity contribution in [1.29, 1.82) is 0 Å². The molecule has 1 aromatic carbocycles. The number of piperidine rings is 1. The number of rotatable bonds is 3. The van der Waals surface area contributed by atoms with E-state index in [0.717, 1.165) is 25.2 Å². The van der Waals surface area contributed by atoms with Gasteiger partial charge in [-0.3, -0.25) is 19.7 Å². The summed E-state index contributed by atoms with van der Waals surface area (Å²) in [5.41, 5.74) is 1.17. The molecule has 6 nitrogen and oxygen atoms in total. The smallest absolute Gasteiger partial charge is 0.280 e. The number of non-ortho nitro benzene ring substituents is 1. The molecule has 0 N–H and O–H groups in total. The summed E-state index contributed by atoms with van der Waals surface area (Å²) in [6, 6.07) is 5.19. The lowest BCUT2D eigenvalue weighted by Gasteiger charge is -2.41. The largest absolute Gasteiger partial charge is 0.298 e. The van der Waals surface area contributed by atoms with Crippen LogP contribution in [0.2, 0.25) is 0 Å². The van der Waals surface area contributed by atoms with Crippen LogP contribution in [0, 0.1) is 16.0 Å². The van der Waals surface area contributed by atoms with E-state index in [0.29, 0.717) is 11.3 Å². The SMILES string of the molecule is CC(C)(C)N1CCCC(Cn2ncc3c([N+](=O)[O-])cccc32)C1. The van der Waals surface area contributed by atoms with Gasteiger partial charge in [-0.1, -0.05) is 6.07 Å². The van der Waals surface area contributed by atoms with Crippen molar-refractivity contribution in [2.75, 3.05) is 13.1 Å². The van der Waals surface area contributed by atoms with Gasteiger partial charge >= 0.3 is 0 Å². The molecule has 3 rings (SSSR count). The van der Waals surface area contributed by atoms with Crippen molar-refractivity contribution >= 4 is 16.6 Å². The summed E-state index contributed by atoms with van der Waals surface area (Å²) in [5.74, 6) is 0.533. The Labute approximate surface area is 136 Å². The molecule has 124 valence electrons. The minimum atomic E-state index is -0.337. The first-order chi connectivity index (χ1) is 10.9. The molecule has 6 heteroatoms. The van der Waals surface area contributed by atoms with E-state index in [1.807, 2.05) is 10.7 Å². The number of nitrogens with zero attached hydrogens (tertiary/aromatic N) is 4. The third-order valence-corrected chi connectivity index (χ3v) is 4.76. The summed E-state index contributed by atoms with van der Waals surface area (Å²) < 4.78 is 1.93. The topological polar surface area (TPSA) is 64.2 Å². The Bertz CT molecular complexity index is 717. The molecule has 1 saturated heterocycles. The van der Waals surface area contributed by atoms with Crippen molar-refractivity contribution in [2.24, 2.45) is 5.92 Å². The van der Waals surface area contributed by atoms with E-state index in [-0.39, 0.29) is 16.1 Å². The fraction of sp³-hybridized carbons (Fsp3) is 0.588. The van der Waals surface area contributed by atoms with Crippen molar-refractivity contribution in [3.8, 4) is 0 Å². The average Bonchev–Trinajstić information content (AvgIpc) is 2.90. The maximum absolute atomic E-state index is 11.1. The van der Waals surface area contributed by atoms with Crippen LogP contribution in [0.4, 0.5) is 5.69 Å². The first-order valence-corrected chi connectivity index (χ1v) is 8.20. The number of benzene rings is 1. The Morgan fingerprint density at radius 1 is 1.39 bits per heavy atom. The highest BCUT2D eigenvalue weighted by atomic mass is 16.6. The highest BCUT2D eigenvalue weighted by molar-refractivity contribution is 5.87. The lowest BCUT2D eigenvalue weighted by Crippen LogP contribution is -2.48. The van der Waals surface area contributed by atoms with E-state index in [1.165, 1.54) is 18.9 Å². The van der Waals surface area contributed by atoms with Crippen molar-refractivity contribution in [2.45, 2.75) is 45.7 Å². The van der Waals surface area contributed by atoms with Crippen molar-refractivity contribution < 1.29 is 4.92 Å². The number of likely N-dealkylation sites (tertiary alicyclic amines) is 1. The highest BCUT2D eigenvalue weighted by Crippen LogP contribution is 2.28. The van der Waals surface area contributed by atoms with Crippen LogP contribution in [0.15, 0.2) is 24.4 Å². The Morgan fingerprint density at radius 3 is 2.87 bits per heavy atom. The molecule has 0 bridgehead atoms. The summed E-state index contributed by atoms with van der Waals surface area (Å²) in [6.45, 7) is 9.77. The summed E-state index contributed by atoms with van der Waals surface area (Å²) >= 11 is 0. The van der Waals surface area contributed by atoms with Gasteiger partial charge in [0.1, 0.15) is 0 Å². The van der Waals surface area contributed by atoms with Gasteiger partial charge in [0.2, 0.25) is 0 Å². The summed E-state index contributed by atoms with van der Waals surface area (Å²) in [6.07, 6.45) is 4.00. The van der Waals surface area contributed by atoms with Gasteiger partial charge < -0.3 is 0 Å². The zero-order valence-corrected chi connectivity index (χ0v) is 14.0. The average molecular weight is 316 g/mol. The zero-order chi connectivity index (χ0) is 16.6. The van der Waals surface area contributed by atoms with Crippen LogP contribution in [0.5, 0.6) is 0 Å². The Balaban J connectivity index is 1.82. The lowest BCUT2D eigenvalue weighted by molar-refractivity contribution is -0.383. The second-order valence-corrected chi connectivity index (χ2v) is 7.42. The van der Waals surface area contributed by atoms with Crippen molar-refractivity contribution in [1.82, 2.24) is 14.7 Å². The van der Waals surface area contributed by atoms with Gasteiger partial charge in [0, 0.05) is 24.7 Å². The van der Waals surface area contributed by atoms with Crippen LogP contribution >= 0.6 is 0 Å². The molecular formula is C17H24N4O2. The second-order valence-electron chi connectivity index (χ2n) is 7.42. The molecule has 0 radical (unpaired) electrons. The third kappa shape index (κ3) is 3.22. The molecule has 1 aliphatic rings. The number of hydrogen-bond acceptors (Lipinski definition) is 4. The predicted molar refractivity (Wildman–Crippen MR) is 90.4 cm³/mol. The maximum Gasteiger partial charge on any atom is 0.280 e. The molecule has 23 heavy (non-hydrogen) atoms. The van der Waals surface area contributed by atoms with Crippen LogP contribution in [0.3, 0.4) is 0 Å². The standard InChI is InChI=1S/C17H24N4O2/c1-17(2,3)19-9-5-6-13(11-19)12-20-15-7-4-8-16(21(22)23)14(15)10-18-20/h4,7-8,10,13H,5-6,9,11-12H2,1-3H3. The second kappa shape index (κ2) is 5.92. The fourth-order valence-electron chi connectivity index (χ4n) is 3.46. The van der Waals surface area contributed by atoms with Gasteiger partial charge in [-0.15, -0.1) is 0 Å². The molecule has 0 spiro atoms. The van der Waals surface area contributed by atoms with E-state index < -0.39 is 0 Å². The minimum Gasteiger partial charge on any atom is -0.298 e. The van der Waals surface area contributed by atoms with Gasteiger partial charge in [-0.25, -0.2) is 0 Å². The van der Waals surface area contributed by atoms with Crippen LogP contribution in [0.25, 0.3) is 10.9 Å². The number of aromatic nitrogens is 2. The lowest BCUT2D eigenvalue weighted by atomic mass is 9.93. The first-order valence-electron chi connectivity index (χ1n) is 8.20.